The summed E-state index contributed by atoms with van der Waals surface area (Å²) in [4.78, 5) is 26.6. The van der Waals surface area contributed by atoms with Crippen molar-refractivity contribution in [3.63, 3.8) is 0 Å². The van der Waals surface area contributed by atoms with Gasteiger partial charge in [-0.1, -0.05) is 18.9 Å². The molecule has 3 rings (SSSR count). The first kappa shape index (κ1) is 19.5. The molecule has 1 aromatic carbocycles. The van der Waals surface area contributed by atoms with Crippen LogP contribution < -0.4 is 9.47 Å². The monoisotopic (exact) mass is 377 g/mol. The lowest BCUT2D eigenvalue weighted by atomic mass is 9.76. The molecule has 1 saturated heterocycles. The smallest absolute Gasteiger partial charge is 0.310 e. The molecule has 1 aliphatic carbocycles. The number of rotatable bonds is 5. The minimum Gasteiger partial charge on any atom is -0.493 e. The Morgan fingerprint density at radius 2 is 1.81 bits per heavy atom. The number of carboxylic acids is 1. The van der Waals surface area contributed by atoms with Crippen LogP contribution in [0.2, 0.25) is 0 Å². The van der Waals surface area contributed by atoms with Crippen LogP contribution >= 0.6 is 0 Å². The summed E-state index contributed by atoms with van der Waals surface area (Å²) < 4.78 is 10.7. The maximum atomic E-state index is 13.5. The van der Waals surface area contributed by atoms with Crippen LogP contribution in [0, 0.1) is 5.92 Å². The Morgan fingerprint density at radius 1 is 1.15 bits per heavy atom. The highest BCUT2D eigenvalue weighted by Crippen LogP contribution is 2.45. The van der Waals surface area contributed by atoms with Gasteiger partial charge in [0, 0.05) is 13.1 Å². The van der Waals surface area contributed by atoms with Crippen molar-refractivity contribution in [2.24, 2.45) is 5.92 Å². The third kappa shape index (κ3) is 3.48. The van der Waals surface area contributed by atoms with E-state index in [0.717, 1.165) is 31.2 Å². The predicted octanol–water partition coefficient (Wildman–Crippen LogP) is 1.81. The number of aliphatic hydroxyl groups excluding tert-OH is 1. The Kier molecular flexibility index (Phi) is 5.60. The van der Waals surface area contributed by atoms with Crippen molar-refractivity contribution in [2.45, 2.75) is 43.6 Å². The van der Waals surface area contributed by atoms with Gasteiger partial charge in [0.25, 0.3) is 0 Å². The molecule has 0 bridgehead atoms. The van der Waals surface area contributed by atoms with Crippen LogP contribution in [-0.2, 0) is 15.0 Å². The molecular weight excluding hydrogens is 350 g/mol. The summed E-state index contributed by atoms with van der Waals surface area (Å²) in [7, 11) is 3.13. The van der Waals surface area contributed by atoms with E-state index in [1.54, 1.807) is 19.1 Å². The molecule has 148 valence electrons. The van der Waals surface area contributed by atoms with E-state index in [-0.39, 0.29) is 18.9 Å². The third-order valence-corrected chi connectivity index (χ3v) is 5.98. The van der Waals surface area contributed by atoms with Crippen LogP contribution in [0.25, 0.3) is 0 Å². The highest BCUT2D eigenvalue weighted by molar-refractivity contribution is 5.89. The lowest BCUT2D eigenvalue weighted by Crippen LogP contribution is -2.54. The quantitative estimate of drug-likeness (QED) is 0.812. The Hall–Kier alpha value is -2.28. The zero-order chi connectivity index (χ0) is 19.6. The Morgan fingerprint density at radius 3 is 2.41 bits per heavy atom. The van der Waals surface area contributed by atoms with Crippen LogP contribution in [0.3, 0.4) is 0 Å². The van der Waals surface area contributed by atoms with Gasteiger partial charge < -0.3 is 24.6 Å². The molecule has 0 spiro atoms. The average molecular weight is 377 g/mol. The van der Waals surface area contributed by atoms with Crippen molar-refractivity contribution in [1.29, 1.82) is 0 Å². The van der Waals surface area contributed by atoms with Crippen LogP contribution in [0.4, 0.5) is 0 Å². The first-order chi connectivity index (χ1) is 12.9. The van der Waals surface area contributed by atoms with Crippen molar-refractivity contribution in [3.8, 4) is 11.5 Å². The molecule has 0 aromatic heterocycles. The van der Waals surface area contributed by atoms with Crippen molar-refractivity contribution in [1.82, 2.24) is 4.90 Å². The van der Waals surface area contributed by atoms with Gasteiger partial charge >= 0.3 is 5.97 Å². The fourth-order valence-electron chi connectivity index (χ4n) is 4.41. The molecule has 1 heterocycles. The van der Waals surface area contributed by atoms with Crippen LogP contribution in [0.15, 0.2) is 18.2 Å². The van der Waals surface area contributed by atoms with Crippen molar-refractivity contribution >= 4 is 11.9 Å². The molecule has 2 aliphatic rings. The van der Waals surface area contributed by atoms with Gasteiger partial charge in [0.15, 0.2) is 11.5 Å². The van der Waals surface area contributed by atoms with Gasteiger partial charge in [-0.25, -0.2) is 0 Å². The zero-order valence-electron chi connectivity index (χ0n) is 15.8. The second kappa shape index (κ2) is 7.76. The first-order valence-electron chi connectivity index (χ1n) is 9.35. The number of amides is 1. The summed E-state index contributed by atoms with van der Waals surface area (Å²) in [5, 5.41) is 19.3. The molecule has 2 atom stereocenters. The molecule has 27 heavy (non-hydrogen) atoms. The van der Waals surface area contributed by atoms with Gasteiger partial charge in [-0.2, -0.15) is 0 Å². The second-order valence-electron chi connectivity index (χ2n) is 7.41. The molecule has 1 saturated carbocycles. The van der Waals surface area contributed by atoms with Crippen LogP contribution in [0.1, 0.15) is 37.7 Å². The molecule has 7 heteroatoms. The minimum atomic E-state index is -1.06. The Bertz CT molecular complexity index is 712. The van der Waals surface area contributed by atoms with Gasteiger partial charge in [0.05, 0.1) is 25.7 Å². The van der Waals surface area contributed by atoms with Crippen molar-refractivity contribution in [2.75, 3.05) is 27.3 Å². The Balaban J connectivity index is 1.93. The third-order valence-electron chi connectivity index (χ3n) is 5.98. The lowest BCUT2D eigenvalue weighted by Gasteiger charge is -2.40. The summed E-state index contributed by atoms with van der Waals surface area (Å²) >= 11 is 0. The molecule has 2 N–H and O–H groups in total. The van der Waals surface area contributed by atoms with E-state index in [2.05, 4.69) is 0 Å². The fraction of sp³-hybridized carbons (Fsp3) is 0.600. The number of likely N-dealkylation sites (tertiary alicyclic amines) is 1. The highest BCUT2D eigenvalue weighted by atomic mass is 16.5. The molecule has 2 fully saturated rings. The number of carbonyl (C=O) groups is 2. The number of aliphatic carboxylic acids is 1. The molecule has 1 amide bonds. The minimum absolute atomic E-state index is 0.0460. The molecule has 0 radical (unpaired) electrons. The second-order valence-corrected chi connectivity index (χ2v) is 7.41. The first-order valence-corrected chi connectivity index (χ1v) is 9.35. The zero-order valence-corrected chi connectivity index (χ0v) is 15.8. The van der Waals surface area contributed by atoms with Gasteiger partial charge in [0.1, 0.15) is 5.92 Å². The normalized spacial score (nSPS) is 24.5. The number of hydrogen-bond donors (Lipinski definition) is 2. The SMILES string of the molecule is COc1ccc(C2(C(=O)N3CC[C@H](O)[C@@H](C(=O)O)C3)CCCC2)cc1OC. The number of carbonyl (C=O) groups excluding carboxylic acids is 1. The van der Waals surface area contributed by atoms with Crippen molar-refractivity contribution < 1.29 is 29.3 Å². The standard InChI is InChI=1S/C20H27NO6/c1-26-16-6-5-13(11-17(16)27-2)20(8-3-4-9-20)19(25)21-10-7-15(22)14(12-21)18(23)24/h5-6,11,14-15,22H,3-4,7-10,12H2,1-2H3,(H,23,24)/t14-,15-/m0/s1. The number of piperidine rings is 1. The van der Waals surface area contributed by atoms with Gasteiger partial charge in [0.2, 0.25) is 5.91 Å². The van der Waals surface area contributed by atoms with E-state index in [4.69, 9.17) is 9.47 Å². The van der Waals surface area contributed by atoms with Crippen LogP contribution in [0.5, 0.6) is 11.5 Å². The average Bonchev–Trinajstić information content (AvgIpc) is 3.18. The van der Waals surface area contributed by atoms with E-state index < -0.39 is 23.4 Å². The number of ether oxygens (including phenoxy) is 2. The van der Waals surface area contributed by atoms with E-state index in [1.807, 2.05) is 18.2 Å². The Labute approximate surface area is 158 Å². The number of carboxylic acid groups (broad SMARTS) is 1. The summed E-state index contributed by atoms with van der Waals surface area (Å²) in [5.41, 5.74) is 0.200. The predicted molar refractivity (Wildman–Crippen MR) is 98.0 cm³/mol. The fourth-order valence-corrected chi connectivity index (χ4v) is 4.41. The number of aliphatic hydroxyl groups is 1. The van der Waals surface area contributed by atoms with Crippen LogP contribution in [-0.4, -0.2) is 60.4 Å². The maximum absolute atomic E-state index is 13.5. The van der Waals surface area contributed by atoms with E-state index >= 15 is 0 Å². The van der Waals surface area contributed by atoms with E-state index in [9.17, 15) is 19.8 Å². The summed E-state index contributed by atoms with van der Waals surface area (Å²) in [5.74, 6) is -0.871. The molecule has 0 unspecified atom stereocenters. The summed E-state index contributed by atoms with van der Waals surface area (Å²) in [6.07, 6.45) is 2.70. The van der Waals surface area contributed by atoms with E-state index in [0.29, 0.717) is 18.0 Å². The largest absolute Gasteiger partial charge is 0.493 e. The van der Waals surface area contributed by atoms with Gasteiger partial charge in [-0.3, -0.25) is 9.59 Å². The maximum Gasteiger partial charge on any atom is 0.310 e. The molecule has 1 aliphatic heterocycles. The topological polar surface area (TPSA) is 96.3 Å². The number of methoxy groups -OCH3 is 2. The number of nitrogens with zero attached hydrogens (tertiary/aromatic N) is 1. The van der Waals surface area contributed by atoms with E-state index in [1.165, 1.54) is 0 Å². The number of hydrogen-bond acceptors (Lipinski definition) is 5. The molecule has 1 aromatic rings. The molecule has 7 nitrogen and oxygen atoms in total. The van der Waals surface area contributed by atoms with Gasteiger partial charge in [-0.05, 0) is 37.0 Å². The summed E-state index contributed by atoms with van der Waals surface area (Å²) in [6, 6.07) is 5.56. The van der Waals surface area contributed by atoms with Gasteiger partial charge in [-0.15, -0.1) is 0 Å². The summed E-state index contributed by atoms with van der Waals surface area (Å²) in [6.45, 7) is 0.420. The molecular formula is C20H27NO6. The van der Waals surface area contributed by atoms with Crippen molar-refractivity contribution in [3.05, 3.63) is 23.8 Å². The lowest BCUT2D eigenvalue weighted by molar-refractivity contribution is -0.153. The highest BCUT2D eigenvalue weighted by Gasteiger charge is 2.47. The number of benzene rings is 1.